The fourth-order valence-electron chi connectivity index (χ4n) is 5.20. The second kappa shape index (κ2) is 6.53. The Labute approximate surface area is 192 Å². The number of nitrogens with one attached hydrogen (secondary N) is 2. The molecule has 0 saturated carbocycles. The third kappa shape index (κ3) is 2.22. The molecular formula is C24H19FN6O3. The Morgan fingerprint density at radius 3 is 2.35 bits per heavy atom. The van der Waals surface area contributed by atoms with Crippen LogP contribution in [0.25, 0.3) is 5.69 Å². The highest BCUT2D eigenvalue weighted by molar-refractivity contribution is 6.14. The summed E-state index contributed by atoms with van der Waals surface area (Å²) in [6.45, 7) is 1.74. The molecule has 34 heavy (non-hydrogen) atoms. The van der Waals surface area contributed by atoms with Crippen LogP contribution in [0.4, 0.5) is 21.7 Å². The van der Waals surface area contributed by atoms with Crippen LogP contribution in [0.3, 0.4) is 0 Å². The molecule has 6 rings (SSSR count). The molecular weight excluding hydrogens is 439 g/mol. The number of anilines is 3. The number of carbonyl (C=O) groups is 1. The number of nitrogens with zero attached hydrogens (tertiary/aromatic N) is 4. The van der Waals surface area contributed by atoms with Crippen LogP contribution in [0.2, 0.25) is 0 Å². The zero-order chi connectivity index (χ0) is 23.9. The molecule has 170 valence electrons. The zero-order valence-corrected chi connectivity index (χ0v) is 18.5. The molecule has 0 saturated heterocycles. The van der Waals surface area contributed by atoms with Crippen LogP contribution in [0.15, 0.2) is 58.1 Å². The van der Waals surface area contributed by atoms with E-state index in [4.69, 9.17) is 0 Å². The van der Waals surface area contributed by atoms with E-state index in [1.165, 1.54) is 30.8 Å². The molecule has 0 aliphatic carbocycles. The summed E-state index contributed by atoms with van der Waals surface area (Å²) in [4.78, 5) is 40.3. The number of carbonyl (C=O) groups excluding carboxylic acids is 1. The molecule has 4 aromatic rings. The molecule has 1 spiro atoms. The number of rotatable bonds is 1. The minimum atomic E-state index is -1.70. The summed E-state index contributed by atoms with van der Waals surface area (Å²) >= 11 is 0. The first-order valence-electron chi connectivity index (χ1n) is 10.6. The van der Waals surface area contributed by atoms with Gasteiger partial charge in [0.2, 0.25) is 5.91 Å². The predicted octanol–water partition coefficient (Wildman–Crippen LogP) is 2.06. The zero-order valence-electron chi connectivity index (χ0n) is 18.5. The van der Waals surface area contributed by atoms with Gasteiger partial charge in [0.15, 0.2) is 0 Å². The molecule has 2 N–H and O–H groups in total. The largest absolute Gasteiger partial charge is 0.332 e. The summed E-state index contributed by atoms with van der Waals surface area (Å²) in [5.41, 5.74) is -0.925. The Balaban J connectivity index is 1.84. The van der Waals surface area contributed by atoms with Gasteiger partial charge in [-0.15, -0.1) is 0 Å². The number of hydrogen-bond donors (Lipinski definition) is 2. The third-order valence-corrected chi connectivity index (χ3v) is 6.71. The van der Waals surface area contributed by atoms with E-state index in [0.717, 1.165) is 4.57 Å². The first-order valence-corrected chi connectivity index (χ1v) is 10.6. The van der Waals surface area contributed by atoms with Crippen molar-refractivity contribution in [3.8, 4) is 5.69 Å². The Hall–Kier alpha value is -4.47. The lowest BCUT2D eigenvalue weighted by Crippen LogP contribution is -2.50. The van der Waals surface area contributed by atoms with Gasteiger partial charge >= 0.3 is 5.69 Å². The molecule has 0 fully saturated rings. The van der Waals surface area contributed by atoms with Crippen LogP contribution in [0.5, 0.6) is 0 Å². The van der Waals surface area contributed by atoms with Gasteiger partial charge in [0, 0.05) is 25.2 Å². The van der Waals surface area contributed by atoms with Crippen molar-refractivity contribution < 1.29 is 9.18 Å². The fourth-order valence-corrected chi connectivity index (χ4v) is 5.20. The molecule has 0 bridgehead atoms. The monoisotopic (exact) mass is 458 g/mol. The summed E-state index contributed by atoms with van der Waals surface area (Å²) in [6.07, 6.45) is 0. The van der Waals surface area contributed by atoms with Gasteiger partial charge in [-0.1, -0.05) is 30.3 Å². The first-order chi connectivity index (χ1) is 16.3. The molecule has 2 aliphatic rings. The Kier molecular flexibility index (Phi) is 3.87. The van der Waals surface area contributed by atoms with Crippen molar-refractivity contribution in [3.05, 3.63) is 97.6 Å². The van der Waals surface area contributed by atoms with Crippen molar-refractivity contribution in [2.45, 2.75) is 12.3 Å². The second-order valence-electron chi connectivity index (χ2n) is 8.48. The van der Waals surface area contributed by atoms with Gasteiger partial charge in [-0.3, -0.25) is 18.7 Å². The number of para-hydroxylation sites is 2. The Bertz CT molecular complexity index is 1670. The number of fused-ring (bicyclic) bond motifs is 6. The van der Waals surface area contributed by atoms with E-state index in [-0.39, 0.29) is 17.1 Å². The molecule has 2 aromatic carbocycles. The van der Waals surface area contributed by atoms with Crippen LogP contribution in [-0.4, -0.2) is 24.8 Å². The highest BCUT2D eigenvalue weighted by Gasteiger charge is 2.59. The molecule has 2 aromatic heterocycles. The number of aromatic nitrogens is 4. The standard InChI is InChI=1S/C24H19FN6O3/c1-12-16-20(31(28-12)13-8-5-4-6-9-13)27-19-17(21(32)30(3)23(34)29(19)2)24(16)14-10-7-11-15(25)18(14)26-22(24)33/h4-11,27H,1-3H3,(H,26,33). The van der Waals surface area contributed by atoms with E-state index < -0.39 is 28.4 Å². The number of hydrogen-bond acceptors (Lipinski definition) is 5. The maximum atomic E-state index is 14.9. The Morgan fingerprint density at radius 1 is 0.882 bits per heavy atom. The maximum Gasteiger partial charge on any atom is 0.332 e. The number of benzene rings is 2. The highest BCUT2D eigenvalue weighted by Crippen LogP contribution is 2.55. The lowest BCUT2D eigenvalue weighted by molar-refractivity contribution is -0.118. The van der Waals surface area contributed by atoms with E-state index >= 15 is 0 Å². The molecule has 1 atom stereocenters. The summed E-state index contributed by atoms with van der Waals surface area (Å²) < 4.78 is 18.7. The molecule has 1 unspecified atom stereocenters. The van der Waals surface area contributed by atoms with E-state index in [1.807, 2.05) is 30.3 Å². The van der Waals surface area contributed by atoms with Gasteiger partial charge in [-0.25, -0.2) is 13.9 Å². The van der Waals surface area contributed by atoms with Crippen LogP contribution in [-0.2, 0) is 24.3 Å². The van der Waals surface area contributed by atoms with Gasteiger partial charge in [0.25, 0.3) is 5.56 Å². The van der Waals surface area contributed by atoms with Gasteiger partial charge in [-0.2, -0.15) is 5.10 Å². The quantitative estimate of drug-likeness (QED) is 0.455. The van der Waals surface area contributed by atoms with Crippen LogP contribution < -0.4 is 21.9 Å². The molecule has 10 heteroatoms. The predicted molar refractivity (Wildman–Crippen MR) is 123 cm³/mol. The average Bonchev–Trinajstić information content (AvgIpc) is 3.32. The first kappa shape index (κ1) is 20.2. The molecule has 1 amide bonds. The molecule has 2 aliphatic heterocycles. The van der Waals surface area contributed by atoms with Crippen molar-refractivity contribution in [1.29, 1.82) is 0 Å². The molecule has 4 heterocycles. The maximum absolute atomic E-state index is 14.9. The molecule has 0 radical (unpaired) electrons. The van der Waals surface area contributed by atoms with Crippen LogP contribution in [0.1, 0.15) is 22.4 Å². The number of amides is 1. The highest BCUT2D eigenvalue weighted by atomic mass is 19.1. The van der Waals surface area contributed by atoms with Crippen molar-refractivity contribution in [2.75, 3.05) is 10.6 Å². The lowest BCUT2D eigenvalue weighted by Gasteiger charge is -2.35. The number of aryl methyl sites for hydroxylation is 1. The van der Waals surface area contributed by atoms with Crippen LogP contribution in [0, 0.1) is 12.7 Å². The molecule has 9 nitrogen and oxygen atoms in total. The second-order valence-corrected chi connectivity index (χ2v) is 8.48. The summed E-state index contributed by atoms with van der Waals surface area (Å²) in [5, 5.41) is 10.5. The van der Waals surface area contributed by atoms with Crippen molar-refractivity contribution >= 4 is 23.2 Å². The number of halogens is 1. The normalized spacial score (nSPS) is 17.7. The third-order valence-electron chi connectivity index (χ3n) is 6.71. The van der Waals surface area contributed by atoms with Crippen molar-refractivity contribution in [2.24, 2.45) is 14.1 Å². The minimum Gasteiger partial charge on any atom is -0.325 e. The lowest BCUT2D eigenvalue weighted by atomic mass is 9.68. The van der Waals surface area contributed by atoms with Gasteiger partial charge in [0.05, 0.1) is 22.6 Å². The average molecular weight is 458 g/mol. The summed E-state index contributed by atoms with van der Waals surface area (Å²) in [7, 11) is 2.87. The van der Waals surface area contributed by atoms with Gasteiger partial charge in [-0.05, 0) is 25.1 Å². The summed E-state index contributed by atoms with van der Waals surface area (Å²) in [6, 6.07) is 13.6. The van der Waals surface area contributed by atoms with Crippen molar-refractivity contribution in [3.63, 3.8) is 0 Å². The van der Waals surface area contributed by atoms with E-state index in [1.54, 1.807) is 17.7 Å². The minimum absolute atomic E-state index is 0.00840. The Morgan fingerprint density at radius 2 is 1.62 bits per heavy atom. The summed E-state index contributed by atoms with van der Waals surface area (Å²) in [5.74, 6) is -0.612. The van der Waals surface area contributed by atoms with E-state index in [9.17, 15) is 18.8 Å². The van der Waals surface area contributed by atoms with Gasteiger partial charge < -0.3 is 10.6 Å². The van der Waals surface area contributed by atoms with Crippen molar-refractivity contribution in [1.82, 2.24) is 18.9 Å². The fraction of sp³-hybridized carbons (Fsp3) is 0.167. The van der Waals surface area contributed by atoms with E-state index in [2.05, 4.69) is 15.7 Å². The van der Waals surface area contributed by atoms with Gasteiger partial charge in [0.1, 0.15) is 22.9 Å². The smallest absolute Gasteiger partial charge is 0.325 e. The topological polar surface area (TPSA) is 103 Å². The van der Waals surface area contributed by atoms with Crippen LogP contribution >= 0.6 is 0 Å². The SMILES string of the molecule is Cc1nn(-c2ccccc2)c2c1C1(C(=O)Nc3c(F)cccc31)c1c(n(C)c(=O)n(C)c1=O)N2. The van der Waals surface area contributed by atoms with E-state index in [0.29, 0.717) is 28.3 Å².